The van der Waals surface area contributed by atoms with E-state index in [1.165, 1.54) is 6.26 Å². The summed E-state index contributed by atoms with van der Waals surface area (Å²) in [5.41, 5.74) is 0. The molecule has 0 aromatic rings. The van der Waals surface area contributed by atoms with Crippen LogP contribution in [0.2, 0.25) is 0 Å². The van der Waals surface area contributed by atoms with Crippen molar-refractivity contribution in [1.82, 2.24) is 9.62 Å². The third-order valence-corrected chi connectivity index (χ3v) is 4.15. The van der Waals surface area contributed by atoms with Crippen LogP contribution in [0.25, 0.3) is 0 Å². The zero-order valence-electron chi connectivity index (χ0n) is 8.41. The van der Waals surface area contributed by atoms with Crippen LogP contribution >= 0.6 is 0 Å². The molecule has 0 aromatic carbocycles. The van der Waals surface area contributed by atoms with Gasteiger partial charge in [-0.2, -0.15) is 12.7 Å². The van der Waals surface area contributed by atoms with Gasteiger partial charge in [0.1, 0.15) is 6.04 Å². The van der Waals surface area contributed by atoms with Crippen LogP contribution in [0, 0.1) is 0 Å². The summed E-state index contributed by atoms with van der Waals surface area (Å²) in [4.78, 5) is 22.0. The van der Waals surface area contributed by atoms with Crippen molar-refractivity contribution in [3.8, 4) is 0 Å². The molecule has 10 heteroatoms. The van der Waals surface area contributed by atoms with Gasteiger partial charge in [-0.05, 0) is 0 Å². The Labute approximate surface area is 94.3 Å². The van der Waals surface area contributed by atoms with Crippen molar-refractivity contribution in [2.24, 2.45) is 0 Å². The number of β-lactam (4-membered cyclic amide) rings is 1. The lowest BCUT2D eigenvalue weighted by Crippen LogP contribution is -2.72. The normalized spacial score (nSPS) is 27.2. The van der Waals surface area contributed by atoms with E-state index >= 15 is 0 Å². The van der Waals surface area contributed by atoms with E-state index in [9.17, 15) is 22.2 Å². The highest BCUT2D eigenvalue weighted by Gasteiger charge is 2.55. The molecule has 1 aliphatic rings. The molecule has 0 bridgehead atoms. The van der Waals surface area contributed by atoms with Gasteiger partial charge >= 0.3 is 10.3 Å². The van der Waals surface area contributed by atoms with E-state index in [2.05, 4.69) is 5.32 Å². The van der Waals surface area contributed by atoms with Crippen LogP contribution in [0.1, 0.15) is 6.92 Å². The van der Waals surface area contributed by atoms with Gasteiger partial charge in [-0.25, -0.2) is 0 Å². The van der Waals surface area contributed by atoms with E-state index in [0.29, 0.717) is 0 Å². The van der Waals surface area contributed by atoms with E-state index in [1.54, 1.807) is 0 Å². The molecule has 16 heavy (non-hydrogen) atoms. The molecule has 1 fully saturated rings. The lowest BCUT2D eigenvalue weighted by molar-refractivity contribution is -0.141. The molecule has 2 amide bonds. The Morgan fingerprint density at radius 1 is 1.56 bits per heavy atom. The minimum Gasteiger partial charge on any atom is -0.342 e. The molecule has 8 nitrogen and oxygen atoms in total. The first-order valence-electron chi connectivity index (χ1n) is 4.06. The van der Waals surface area contributed by atoms with Crippen molar-refractivity contribution >= 4 is 32.9 Å². The maximum Gasteiger partial charge on any atom is 0.363 e. The summed E-state index contributed by atoms with van der Waals surface area (Å²) in [6, 6.07) is -1.18. The lowest BCUT2D eigenvalue weighted by Gasteiger charge is -2.42. The third kappa shape index (κ3) is 2.23. The number of nitrogens with one attached hydrogen (secondary N) is 1. The summed E-state index contributed by atoms with van der Waals surface area (Å²) in [5.74, 6) is -1.55. The molecule has 3 atom stereocenters. The van der Waals surface area contributed by atoms with Crippen LogP contribution < -0.4 is 5.32 Å². The Morgan fingerprint density at radius 2 is 2.06 bits per heavy atom. The Bertz CT molecular complexity index is 458. The van der Waals surface area contributed by atoms with Crippen LogP contribution in [-0.4, -0.2) is 51.0 Å². The highest BCUT2D eigenvalue weighted by atomic mass is 32.2. The van der Waals surface area contributed by atoms with Crippen LogP contribution in [0.5, 0.6) is 0 Å². The number of carbonyl (C=O) groups excluding carboxylic acids is 2. The second kappa shape index (κ2) is 4.11. The van der Waals surface area contributed by atoms with Gasteiger partial charge in [-0.15, -0.1) is 0 Å². The number of carbonyl (C=O) groups is 2. The van der Waals surface area contributed by atoms with Crippen molar-refractivity contribution in [3.05, 3.63) is 0 Å². The van der Waals surface area contributed by atoms with E-state index in [4.69, 9.17) is 4.55 Å². The van der Waals surface area contributed by atoms with Crippen molar-refractivity contribution in [1.29, 1.82) is 0 Å². The summed E-state index contributed by atoms with van der Waals surface area (Å²) >= 11 is 0. The number of hydrogen-bond acceptors (Lipinski definition) is 5. The molecule has 1 saturated heterocycles. The molecule has 0 aromatic heterocycles. The molecule has 1 heterocycles. The summed E-state index contributed by atoms with van der Waals surface area (Å²) in [6.07, 6.45) is 1.17. The quantitative estimate of drug-likeness (QED) is 0.445. The zero-order chi connectivity index (χ0) is 12.7. The molecule has 1 rings (SSSR count). The molecular weight excluding hydrogens is 260 g/mol. The van der Waals surface area contributed by atoms with Gasteiger partial charge < -0.3 is 5.32 Å². The molecule has 0 saturated carbocycles. The van der Waals surface area contributed by atoms with Gasteiger partial charge in [0.05, 0.1) is 0 Å². The number of hydrogen-bond donors (Lipinski definition) is 2. The fourth-order valence-corrected chi connectivity index (χ4v) is 3.72. The van der Waals surface area contributed by atoms with Crippen molar-refractivity contribution in [3.63, 3.8) is 0 Å². The lowest BCUT2D eigenvalue weighted by atomic mass is 10.1. The van der Waals surface area contributed by atoms with Crippen LogP contribution in [-0.2, 0) is 30.7 Å². The first kappa shape index (κ1) is 13.1. The number of nitrogens with zero attached hydrogens (tertiary/aromatic N) is 1. The smallest absolute Gasteiger partial charge is 0.342 e. The van der Waals surface area contributed by atoms with Crippen molar-refractivity contribution in [2.75, 3.05) is 6.26 Å². The minimum atomic E-state index is -4.74. The highest BCUT2D eigenvalue weighted by molar-refractivity contribution is 7.88. The fourth-order valence-electron chi connectivity index (χ4n) is 1.36. The summed E-state index contributed by atoms with van der Waals surface area (Å²) in [7, 11) is -6.45. The predicted molar refractivity (Wildman–Crippen MR) is 53.9 cm³/mol. The predicted octanol–water partition coefficient (Wildman–Crippen LogP) is -2.16. The highest BCUT2D eigenvalue weighted by Crippen LogP contribution is 2.25. The number of amides is 2. The van der Waals surface area contributed by atoms with E-state index < -0.39 is 44.3 Å². The Kier molecular flexibility index (Phi) is 3.35. The van der Waals surface area contributed by atoms with Crippen molar-refractivity contribution < 1.29 is 26.8 Å². The number of rotatable bonds is 3. The standard InChI is InChI=1S/C6H10N2O6S2/c1-3(9)7-4-5(10)8(16(12,13)14)6(4)15(2)11/h4,6H,1-2H3,(H,7,9)(H,12,13,14)/t4-,6+,15?/m0/s1. The van der Waals surface area contributed by atoms with Gasteiger partial charge in [0, 0.05) is 24.0 Å². The fraction of sp³-hybridized carbons (Fsp3) is 0.667. The topological polar surface area (TPSA) is 121 Å². The second-order valence-corrected chi connectivity index (χ2v) is 5.95. The Hall–Kier alpha value is -1.00. The Balaban J connectivity index is 2.99. The van der Waals surface area contributed by atoms with Crippen LogP contribution in [0.15, 0.2) is 0 Å². The maximum atomic E-state index is 11.3. The van der Waals surface area contributed by atoms with Gasteiger partial charge in [0.25, 0.3) is 5.91 Å². The zero-order valence-corrected chi connectivity index (χ0v) is 10.0. The van der Waals surface area contributed by atoms with Crippen molar-refractivity contribution in [2.45, 2.75) is 18.3 Å². The van der Waals surface area contributed by atoms with E-state index in [1.807, 2.05) is 0 Å². The second-order valence-electron chi connectivity index (χ2n) is 3.18. The van der Waals surface area contributed by atoms with Gasteiger partial charge in [0.2, 0.25) is 5.91 Å². The average Bonchev–Trinajstić information content (AvgIpc) is 2.06. The van der Waals surface area contributed by atoms with E-state index in [0.717, 1.165) is 6.92 Å². The van der Waals surface area contributed by atoms with Gasteiger partial charge in [-0.1, -0.05) is 0 Å². The third-order valence-electron chi connectivity index (χ3n) is 1.95. The first-order chi connectivity index (χ1) is 7.16. The van der Waals surface area contributed by atoms with Gasteiger partial charge in [0.15, 0.2) is 5.37 Å². The molecule has 1 aliphatic heterocycles. The average molecular weight is 270 g/mol. The Morgan fingerprint density at radius 3 is 2.38 bits per heavy atom. The maximum absolute atomic E-state index is 11.3. The summed E-state index contributed by atoms with van der Waals surface area (Å²) in [6.45, 7) is 1.14. The molecule has 1 unspecified atom stereocenters. The molecule has 92 valence electrons. The molecular formula is C6H10N2O6S2. The van der Waals surface area contributed by atoms with Crippen LogP contribution in [0.3, 0.4) is 0 Å². The SMILES string of the molecule is CC(=O)N[C@H]1C(=O)N(S(=O)(=O)O)[C@@H]1S(C)=O. The first-order valence-corrected chi connectivity index (χ1v) is 7.08. The largest absolute Gasteiger partial charge is 0.363 e. The molecule has 0 radical (unpaired) electrons. The minimum absolute atomic E-state index is 0.101. The molecule has 0 spiro atoms. The van der Waals surface area contributed by atoms with E-state index in [-0.39, 0.29) is 4.31 Å². The summed E-state index contributed by atoms with van der Waals surface area (Å²) < 4.78 is 41.6. The summed E-state index contributed by atoms with van der Waals surface area (Å²) in [5, 5.41) is 0.906. The monoisotopic (exact) mass is 270 g/mol. The van der Waals surface area contributed by atoms with Gasteiger partial charge in [-0.3, -0.25) is 18.4 Å². The van der Waals surface area contributed by atoms with Crippen LogP contribution in [0.4, 0.5) is 0 Å². The molecule has 0 aliphatic carbocycles. The molecule has 2 N–H and O–H groups in total.